The molecule has 1 aromatic heterocycles. The lowest BCUT2D eigenvalue weighted by Gasteiger charge is -2.37. The van der Waals surface area contributed by atoms with Gasteiger partial charge in [-0.25, -0.2) is 4.79 Å². The molecule has 0 unspecified atom stereocenters. The van der Waals surface area contributed by atoms with Crippen LogP contribution in [0.15, 0.2) is 53.9 Å². The molecule has 10 heteroatoms. The first-order valence-corrected chi connectivity index (χ1v) is 14.0. The minimum absolute atomic E-state index is 0.0634. The molecule has 1 atom stereocenters. The fourth-order valence-electron chi connectivity index (χ4n) is 4.43. The Kier molecular flexibility index (Phi) is 9.91. The van der Waals surface area contributed by atoms with E-state index in [2.05, 4.69) is 11.4 Å². The molecule has 202 valence electrons. The highest BCUT2D eigenvalue weighted by molar-refractivity contribution is 7.10. The van der Waals surface area contributed by atoms with Gasteiger partial charge in [0.15, 0.2) is 0 Å². The molecule has 1 N–H and O–H groups in total. The first-order chi connectivity index (χ1) is 18.4. The highest BCUT2D eigenvalue weighted by atomic mass is 35.5. The number of thiophene rings is 1. The molecular weight excluding hydrogens is 545 g/mol. The smallest absolute Gasteiger partial charge is 0.322 e. The first kappa shape index (κ1) is 28.2. The lowest BCUT2D eigenvalue weighted by Crippen LogP contribution is -2.49. The van der Waals surface area contributed by atoms with Gasteiger partial charge >= 0.3 is 6.03 Å². The van der Waals surface area contributed by atoms with Gasteiger partial charge in [0.2, 0.25) is 5.91 Å². The quantitative estimate of drug-likeness (QED) is 0.282. The molecule has 38 heavy (non-hydrogen) atoms. The van der Waals surface area contributed by atoms with E-state index in [9.17, 15) is 9.59 Å². The SMILES string of the molecule is COCCCN(CC(=O)N1CCc2sccc2[C@@H]1COc1ccc(Cl)c(C)c1)C(=O)Nc1cccc(Cl)c1. The lowest BCUT2D eigenvalue weighted by atomic mass is 10.0. The van der Waals surface area contributed by atoms with Gasteiger partial charge < -0.3 is 24.6 Å². The minimum Gasteiger partial charge on any atom is -0.491 e. The molecule has 0 saturated heterocycles. The van der Waals surface area contributed by atoms with Crippen LogP contribution in [0.5, 0.6) is 5.75 Å². The number of carbonyl (C=O) groups is 2. The Morgan fingerprint density at radius 3 is 2.79 bits per heavy atom. The average molecular weight is 577 g/mol. The van der Waals surface area contributed by atoms with Crippen molar-refractivity contribution in [1.82, 2.24) is 9.80 Å². The number of halogens is 2. The number of hydrogen-bond acceptors (Lipinski definition) is 5. The maximum atomic E-state index is 13.7. The molecule has 0 aliphatic carbocycles. The van der Waals surface area contributed by atoms with Crippen LogP contribution < -0.4 is 10.1 Å². The summed E-state index contributed by atoms with van der Waals surface area (Å²) in [5.41, 5.74) is 2.58. The predicted octanol–water partition coefficient (Wildman–Crippen LogP) is 6.44. The summed E-state index contributed by atoms with van der Waals surface area (Å²) in [5, 5.41) is 6.10. The van der Waals surface area contributed by atoms with E-state index in [0.717, 1.165) is 17.5 Å². The van der Waals surface area contributed by atoms with Crippen molar-refractivity contribution < 1.29 is 19.1 Å². The maximum absolute atomic E-state index is 13.7. The van der Waals surface area contributed by atoms with Crippen molar-refractivity contribution in [2.45, 2.75) is 25.8 Å². The second kappa shape index (κ2) is 13.3. The zero-order chi connectivity index (χ0) is 27.1. The van der Waals surface area contributed by atoms with Gasteiger partial charge in [-0.05, 0) is 78.7 Å². The maximum Gasteiger partial charge on any atom is 0.322 e. The summed E-state index contributed by atoms with van der Waals surface area (Å²) >= 11 is 13.9. The van der Waals surface area contributed by atoms with Gasteiger partial charge in [-0.3, -0.25) is 4.79 Å². The Morgan fingerprint density at radius 2 is 2.03 bits per heavy atom. The Morgan fingerprint density at radius 1 is 1.18 bits per heavy atom. The standard InChI is InChI=1S/C28H31Cl2N3O4S/c1-19-15-22(7-8-24(19)30)37-18-25-23-10-14-38-26(23)9-12-33(25)27(34)17-32(11-4-13-36-2)28(35)31-21-6-3-5-20(29)16-21/h3,5-8,10,14-16,25H,4,9,11-13,17-18H2,1-2H3,(H,31,35)/t25-/m0/s1. The number of rotatable bonds is 10. The number of aryl methyl sites for hydroxylation is 1. The number of anilines is 1. The predicted molar refractivity (Wildman–Crippen MR) is 153 cm³/mol. The van der Waals surface area contributed by atoms with Crippen molar-refractivity contribution in [1.29, 1.82) is 0 Å². The van der Waals surface area contributed by atoms with Crippen LogP contribution in [-0.4, -0.2) is 61.7 Å². The number of nitrogens with one attached hydrogen (secondary N) is 1. The summed E-state index contributed by atoms with van der Waals surface area (Å²) in [6.07, 6.45) is 1.37. The van der Waals surface area contributed by atoms with E-state index in [-0.39, 0.29) is 24.5 Å². The Labute approximate surface area is 237 Å². The number of methoxy groups -OCH3 is 1. The molecule has 0 saturated carbocycles. The highest BCUT2D eigenvalue weighted by Crippen LogP contribution is 2.34. The van der Waals surface area contributed by atoms with Gasteiger partial charge in [0.25, 0.3) is 0 Å². The number of amides is 3. The third-order valence-electron chi connectivity index (χ3n) is 6.42. The van der Waals surface area contributed by atoms with E-state index < -0.39 is 0 Å². The Bertz CT molecular complexity index is 1270. The van der Waals surface area contributed by atoms with Crippen molar-refractivity contribution >= 4 is 52.2 Å². The molecule has 1 aliphatic rings. The molecule has 0 bridgehead atoms. The molecule has 3 amide bonds. The molecule has 4 rings (SSSR count). The van der Waals surface area contributed by atoms with Crippen LogP contribution in [0, 0.1) is 6.92 Å². The van der Waals surface area contributed by atoms with E-state index >= 15 is 0 Å². The number of benzene rings is 2. The monoisotopic (exact) mass is 575 g/mol. The van der Waals surface area contributed by atoms with E-state index in [0.29, 0.717) is 54.2 Å². The average Bonchev–Trinajstić information content (AvgIpc) is 3.38. The third kappa shape index (κ3) is 7.20. The van der Waals surface area contributed by atoms with Crippen LogP contribution in [-0.2, 0) is 16.0 Å². The van der Waals surface area contributed by atoms with Gasteiger partial charge in [0, 0.05) is 47.4 Å². The Hall–Kier alpha value is -2.78. The van der Waals surface area contributed by atoms with Crippen LogP contribution in [0.4, 0.5) is 10.5 Å². The van der Waals surface area contributed by atoms with Crippen molar-refractivity contribution in [2.24, 2.45) is 0 Å². The van der Waals surface area contributed by atoms with Gasteiger partial charge in [-0.15, -0.1) is 11.3 Å². The zero-order valence-electron chi connectivity index (χ0n) is 21.4. The fourth-order valence-corrected chi connectivity index (χ4v) is 5.67. The molecular formula is C28H31Cl2N3O4S. The van der Waals surface area contributed by atoms with Crippen molar-refractivity contribution in [3.05, 3.63) is 80.0 Å². The number of urea groups is 1. The van der Waals surface area contributed by atoms with Crippen LogP contribution in [0.1, 0.15) is 28.5 Å². The minimum atomic E-state index is -0.366. The normalized spacial score (nSPS) is 14.6. The number of ether oxygens (including phenoxy) is 2. The van der Waals surface area contributed by atoms with Gasteiger partial charge in [-0.1, -0.05) is 29.3 Å². The summed E-state index contributed by atoms with van der Waals surface area (Å²) in [7, 11) is 1.61. The second-order valence-corrected chi connectivity index (χ2v) is 10.9. The number of hydrogen-bond donors (Lipinski definition) is 1. The molecule has 3 aromatic rings. The third-order valence-corrected chi connectivity index (χ3v) is 8.07. The first-order valence-electron chi connectivity index (χ1n) is 12.4. The summed E-state index contributed by atoms with van der Waals surface area (Å²) in [6.45, 7) is 3.57. The largest absolute Gasteiger partial charge is 0.491 e. The second-order valence-electron chi connectivity index (χ2n) is 9.08. The molecule has 2 heterocycles. The molecule has 0 radical (unpaired) electrons. The topological polar surface area (TPSA) is 71.1 Å². The molecule has 0 spiro atoms. The summed E-state index contributed by atoms with van der Waals surface area (Å²) in [5.74, 6) is 0.560. The number of nitrogens with zero attached hydrogens (tertiary/aromatic N) is 2. The van der Waals surface area contributed by atoms with Crippen LogP contribution in [0.2, 0.25) is 10.0 Å². The van der Waals surface area contributed by atoms with Gasteiger partial charge in [-0.2, -0.15) is 0 Å². The van der Waals surface area contributed by atoms with E-state index in [4.69, 9.17) is 32.7 Å². The zero-order valence-corrected chi connectivity index (χ0v) is 23.7. The van der Waals surface area contributed by atoms with Crippen molar-refractivity contribution in [3.8, 4) is 5.75 Å². The molecule has 7 nitrogen and oxygen atoms in total. The van der Waals surface area contributed by atoms with Crippen LogP contribution in [0.25, 0.3) is 0 Å². The summed E-state index contributed by atoms with van der Waals surface area (Å²) < 4.78 is 11.3. The number of fused-ring (bicyclic) bond motifs is 1. The van der Waals surface area contributed by atoms with Crippen LogP contribution in [0.3, 0.4) is 0 Å². The Balaban J connectivity index is 1.49. The van der Waals surface area contributed by atoms with Crippen LogP contribution >= 0.6 is 34.5 Å². The summed E-state index contributed by atoms with van der Waals surface area (Å²) in [6, 6.07) is 13.9. The van der Waals surface area contributed by atoms with E-state index in [1.165, 1.54) is 9.78 Å². The van der Waals surface area contributed by atoms with E-state index in [1.807, 2.05) is 35.4 Å². The molecule has 2 aromatic carbocycles. The number of carbonyl (C=O) groups excluding carboxylic acids is 2. The highest BCUT2D eigenvalue weighted by Gasteiger charge is 2.33. The van der Waals surface area contributed by atoms with Crippen molar-refractivity contribution in [3.63, 3.8) is 0 Å². The van der Waals surface area contributed by atoms with E-state index in [1.54, 1.807) is 42.7 Å². The van der Waals surface area contributed by atoms with Gasteiger partial charge in [0.05, 0.1) is 6.04 Å². The summed E-state index contributed by atoms with van der Waals surface area (Å²) in [4.78, 5) is 31.5. The lowest BCUT2D eigenvalue weighted by molar-refractivity contribution is -0.135. The molecule has 1 aliphatic heterocycles. The van der Waals surface area contributed by atoms with Crippen molar-refractivity contribution in [2.75, 3.05) is 45.3 Å². The molecule has 0 fully saturated rings. The fraction of sp³-hybridized carbons (Fsp3) is 0.357. The van der Waals surface area contributed by atoms with Gasteiger partial charge in [0.1, 0.15) is 18.9 Å².